The van der Waals surface area contributed by atoms with Gasteiger partial charge in [0.15, 0.2) is 11.2 Å². The predicted molar refractivity (Wildman–Crippen MR) is 99.4 cm³/mol. The van der Waals surface area contributed by atoms with E-state index in [0.717, 1.165) is 21.9 Å². The summed E-state index contributed by atoms with van der Waals surface area (Å²) in [5.41, 5.74) is 2.89. The summed E-state index contributed by atoms with van der Waals surface area (Å²) in [6.45, 7) is 6.04. The lowest BCUT2D eigenvalue weighted by molar-refractivity contribution is -0.0333. The molecule has 0 fully saturated rings. The number of benzene rings is 1. The minimum absolute atomic E-state index is 0.282. The Kier molecular flexibility index (Phi) is 4.78. The third-order valence-electron chi connectivity index (χ3n) is 4.03. The largest absolute Gasteiger partial charge is 0.472 e. The number of aliphatic hydroxyl groups is 1. The quantitative estimate of drug-likeness (QED) is 0.664. The predicted octanol–water partition coefficient (Wildman–Crippen LogP) is 5.27. The summed E-state index contributed by atoms with van der Waals surface area (Å²) in [7, 11) is 0. The summed E-state index contributed by atoms with van der Waals surface area (Å²) in [5.74, 6) is 0. The lowest BCUT2D eigenvalue weighted by atomic mass is 9.85. The minimum atomic E-state index is -0.626. The van der Waals surface area contributed by atoms with Crippen molar-refractivity contribution in [3.63, 3.8) is 0 Å². The van der Waals surface area contributed by atoms with Crippen molar-refractivity contribution in [2.24, 2.45) is 5.41 Å². The monoisotopic (exact) mass is 341 g/mol. The minimum Gasteiger partial charge on any atom is -0.472 e. The molecule has 0 bridgehead atoms. The lowest BCUT2D eigenvalue weighted by Gasteiger charge is -2.32. The standard InChI is InChI=1S/C20H23NO2S/c1-20(2,3)19(22)18(16-10-7-11-21-16)23-17-12-15(13-24-17)14-8-5-4-6-9-14/h4-13,18-19,21-22H,1-3H3. The topological polar surface area (TPSA) is 45.2 Å². The van der Waals surface area contributed by atoms with Gasteiger partial charge < -0.3 is 14.8 Å². The maximum Gasteiger partial charge on any atom is 0.175 e. The summed E-state index contributed by atoms with van der Waals surface area (Å²) >= 11 is 1.55. The van der Waals surface area contributed by atoms with Crippen LogP contribution in [0, 0.1) is 5.41 Å². The third-order valence-corrected chi connectivity index (χ3v) is 4.85. The van der Waals surface area contributed by atoms with Crippen LogP contribution in [-0.4, -0.2) is 16.2 Å². The van der Waals surface area contributed by atoms with E-state index in [-0.39, 0.29) is 5.41 Å². The molecule has 3 nitrogen and oxygen atoms in total. The van der Waals surface area contributed by atoms with E-state index in [9.17, 15) is 5.11 Å². The molecule has 2 aromatic heterocycles. The molecule has 2 N–H and O–H groups in total. The molecule has 0 saturated carbocycles. The van der Waals surface area contributed by atoms with Gasteiger partial charge in [-0.1, -0.05) is 51.1 Å². The number of hydrogen-bond donors (Lipinski definition) is 2. The first kappa shape index (κ1) is 16.8. The van der Waals surface area contributed by atoms with Crippen molar-refractivity contribution >= 4 is 11.3 Å². The Morgan fingerprint density at radius 1 is 1.04 bits per heavy atom. The second-order valence-corrected chi connectivity index (χ2v) is 7.87. The summed E-state index contributed by atoms with van der Waals surface area (Å²) < 4.78 is 6.19. The zero-order valence-electron chi connectivity index (χ0n) is 14.2. The normalized spacial score (nSPS) is 14.3. The van der Waals surface area contributed by atoms with E-state index >= 15 is 0 Å². The highest BCUT2D eigenvalue weighted by Gasteiger charge is 2.34. The van der Waals surface area contributed by atoms with Crippen molar-refractivity contribution in [1.82, 2.24) is 4.98 Å². The van der Waals surface area contributed by atoms with Gasteiger partial charge in [-0.25, -0.2) is 0 Å². The molecule has 2 heterocycles. The van der Waals surface area contributed by atoms with Crippen molar-refractivity contribution in [3.8, 4) is 16.2 Å². The number of nitrogens with one attached hydrogen (secondary N) is 1. The highest BCUT2D eigenvalue weighted by atomic mass is 32.1. The fraction of sp³-hybridized carbons (Fsp3) is 0.300. The Morgan fingerprint density at radius 2 is 1.79 bits per heavy atom. The number of rotatable bonds is 5. The third kappa shape index (κ3) is 3.71. The van der Waals surface area contributed by atoms with Crippen LogP contribution >= 0.6 is 11.3 Å². The van der Waals surface area contributed by atoms with Crippen LogP contribution in [0.1, 0.15) is 32.6 Å². The Morgan fingerprint density at radius 3 is 2.42 bits per heavy atom. The molecule has 24 heavy (non-hydrogen) atoms. The number of aromatic amines is 1. The van der Waals surface area contributed by atoms with Crippen molar-refractivity contribution in [2.45, 2.75) is 33.0 Å². The first-order valence-electron chi connectivity index (χ1n) is 8.07. The van der Waals surface area contributed by atoms with Crippen LogP contribution in [0.15, 0.2) is 60.1 Å². The van der Waals surface area contributed by atoms with Crippen LogP contribution in [0.2, 0.25) is 0 Å². The van der Waals surface area contributed by atoms with E-state index in [2.05, 4.69) is 22.5 Å². The van der Waals surface area contributed by atoms with Gasteiger partial charge >= 0.3 is 0 Å². The number of aliphatic hydroxyl groups excluding tert-OH is 1. The number of H-pyrrole nitrogens is 1. The average Bonchev–Trinajstić information content (AvgIpc) is 3.23. The molecule has 2 atom stereocenters. The average molecular weight is 341 g/mol. The van der Waals surface area contributed by atoms with Crippen LogP contribution in [0.5, 0.6) is 5.06 Å². The Hall–Kier alpha value is -2.04. The molecule has 0 radical (unpaired) electrons. The van der Waals surface area contributed by atoms with E-state index in [0.29, 0.717) is 0 Å². The summed E-state index contributed by atoms with van der Waals surface area (Å²) in [6, 6.07) is 16.1. The Bertz CT molecular complexity index is 757. The van der Waals surface area contributed by atoms with Crippen LogP contribution in [-0.2, 0) is 0 Å². The number of aromatic nitrogens is 1. The summed E-state index contributed by atoms with van der Waals surface area (Å²) in [4.78, 5) is 3.17. The zero-order valence-corrected chi connectivity index (χ0v) is 15.0. The van der Waals surface area contributed by atoms with E-state index in [4.69, 9.17) is 4.74 Å². The number of ether oxygens (including phenoxy) is 1. The molecular formula is C20H23NO2S. The molecular weight excluding hydrogens is 318 g/mol. The summed E-state index contributed by atoms with van der Waals surface area (Å²) in [5, 5.41) is 13.6. The fourth-order valence-electron chi connectivity index (χ4n) is 2.56. The molecule has 3 aromatic rings. The SMILES string of the molecule is CC(C)(C)C(O)C(Oc1cc(-c2ccccc2)cs1)c1ccc[nH]1. The molecule has 0 spiro atoms. The van der Waals surface area contributed by atoms with Crippen LogP contribution < -0.4 is 4.74 Å². The smallest absolute Gasteiger partial charge is 0.175 e. The molecule has 3 rings (SSSR count). The Balaban J connectivity index is 1.85. The first-order valence-corrected chi connectivity index (χ1v) is 8.95. The second kappa shape index (κ2) is 6.83. The number of thiophene rings is 1. The Labute approximate surface area is 146 Å². The maximum atomic E-state index is 10.8. The molecule has 0 aliphatic rings. The van der Waals surface area contributed by atoms with Crippen LogP contribution in [0.3, 0.4) is 0 Å². The van der Waals surface area contributed by atoms with E-state index in [1.54, 1.807) is 11.3 Å². The molecule has 0 aliphatic carbocycles. The van der Waals surface area contributed by atoms with E-state index in [1.807, 2.05) is 63.4 Å². The molecule has 2 unspecified atom stereocenters. The van der Waals surface area contributed by atoms with E-state index < -0.39 is 12.2 Å². The lowest BCUT2D eigenvalue weighted by Crippen LogP contribution is -2.35. The van der Waals surface area contributed by atoms with Crippen molar-refractivity contribution in [2.75, 3.05) is 0 Å². The van der Waals surface area contributed by atoms with Gasteiger partial charge in [-0.3, -0.25) is 0 Å². The van der Waals surface area contributed by atoms with Gasteiger partial charge in [-0.2, -0.15) is 0 Å². The molecule has 1 aromatic carbocycles. The van der Waals surface area contributed by atoms with E-state index in [1.165, 1.54) is 0 Å². The fourth-order valence-corrected chi connectivity index (χ4v) is 3.36. The van der Waals surface area contributed by atoms with Gasteiger partial charge in [-0.05, 0) is 34.7 Å². The van der Waals surface area contributed by atoms with Gasteiger partial charge in [0.2, 0.25) is 0 Å². The second-order valence-electron chi connectivity index (χ2n) is 7.00. The molecule has 0 amide bonds. The summed E-state index contributed by atoms with van der Waals surface area (Å²) in [6.07, 6.45) is 0.797. The molecule has 126 valence electrons. The zero-order chi connectivity index (χ0) is 17.2. The highest BCUT2D eigenvalue weighted by molar-refractivity contribution is 7.12. The van der Waals surface area contributed by atoms with Crippen molar-refractivity contribution in [1.29, 1.82) is 0 Å². The van der Waals surface area contributed by atoms with Gasteiger partial charge in [0.1, 0.15) is 6.10 Å². The maximum absolute atomic E-state index is 10.8. The molecule has 4 heteroatoms. The van der Waals surface area contributed by atoms with Crippen molar-refractivity contribution < 1.29 is 9.84 Å². The van der Waals surface area contributed by atoms with Crippen LogP contribution in [0.4, 0.5) is 0 Å². The molecule has 0 aliphatic heterocycles. The van der Waals surface area contributed by atoms with Crippen LogP contribution in [0.25, 0.3) is 11.1 Å². The van der Waals surface area contributed by atoms with Gasteiger partial charge in [0.05, 0.1) is 5.69 Å². The van der Waals surface area contributed by atoms with Gasteiger partial charge in [-0.15, -0.1) is 11.3 Å². The molecule has 0 saturated heterocycles. The van der Waals surface area contributed by atoms with Crippen molar-refractivity contribution in [3.05, 3.63) is 65.8 Å². The van der Waals surface area contributed by atoms with Gasteiger partial charge in [0.25, 0.3) is 0 Å². The van der Waals surface area contributed by atoms with Gasteiger partial charge in [0, 0.05) is 11.6 Å². The highest BCUT2D eigenvalue weighted by Crippen LogP contribution is 2.37. The number of hydrogen-bond acceptors (Lipinski definition) is 3. The first-order chi connectivity index (χ1) is 11.4.